The van der Waals surface area contributed by atoms with Crippen LogP contribution in [-0.4, -0.2) is 57.1 Å². The molecule has 0 N–H and O–H groups in total. The molecule has 0 saturated carbocycles. The zero-order valence-corrected chi connectivity index (χ0v) is 14.4. The smallest absolute Gasteiger partial charge is 0.242 e. The van der Waals surface area contributed by atoms with Crippen LogP contribution in [-0.2, 0) is 14.8 Å². The average molecular weight is 329 g/mol. The Hall–Kier alpha value is -1.67. The maximum atomic E-state index is 12.5. The van der Waals surface area contributed by atoms with Crippen molar-refractivity contribution in [1.29, 1.82) is 0 Å². The van der Waals surface area contributed by atoms with Crippen LogP contribution in [0.25, 0.3) is 0 Å². The summed E-state index contributed by atoms with van der Waals surface area (Å²) in [6, 6.07) is 3.35. The van der Waals surface area contributed by atoms with Gasteiger partial charge in [0.2, 0.25) is 21.8 Å². The van der Waals surface area contributed by atoms with E-state index in [1.165, 1.54) is 14.2 Å². The van der Waals surface area contributed by atoms with Gasteiger partial charge in [0.05, 0.1) is 25.6 Å². The summed E-state index contributed by atoms with van der Waals surface area (Å²) in [6.07, 6.45) is 2.62. The molecule has 0 bridgehead atoms. The molecule has 0 atom stereocenters. The Morgan fingerprint density at radius 3 is 2.55 bits per heavy atom. The Morgan fingerprint density at radius 1 is 1.41 bits per heavy atom. The lowest BCUT2D eigenvalue weighted by atomic mass is 10.2. The highest BCUT2D eigenvalue weighted by molar-refractivity contribution is 7.88. The predicted molar refractivity (Wildman–Crippen MR) is 85.5 cm³/mol. The molecule has 0 aliphatic heterocycles. The van der Waals surface area contributed by atoms with Gasteiger partial charge < -0.3 is 9.64 Å². The lowest BCUT2D eigenvalue weighted by Crippen LogP contribution is -2.42. The van der Waals surface area contributed by atoms with Crippen molar-refractivity contribution in [2.45, 2.75) is 13.8 Å². The van der Waals surface area contributed by atoms with Crippen molar-refractivity contribution in [2.75, 3.05) is 38.4 Å². The summed E-state index contributed by atoms with van der Waals surface area (Å²) < 4.78 is 29.0. The molecule has 0 radical (unpaired) electrons. The van der Waals surface area contributed by atoms with Crippen molar-refractivity contribution in [1.82, 2.24) is 9.29 Å². The van der Waals surface area contributed by atoms with Gasteiger partial charge in [0.1, 0.15) is 0 Å². The zero-order chi connectivity index (χ0) is 16.9. The highest BCUT2D eigenvalue weighted by Crippen LogP contribution is 2.20. The number of aromatic nitrogens is 1. The predicted octanol–water partition coefficient (Wildman–Crippen LogP) is 0.971. The Bertz CT molecular complexity index is 616. The van der Waals surface area contributed by atoms with Crippen LogP contribution in [0.1, 0.15) is 13.8 Å². The van der Waals surface area contributed by atoms with E-state index in [0.29, 0.717) is 18.1 Å². The number of nitrogens with zero attached hydrogens (tertiary/aromatic N) is 3. The van der Waals surface area contributed by atoms with E-state index in [0.717, 1.165) is 10.6 Å². The third-order valence-electron chi connectivity index (χ3n) is 3.01. The number of likely N-dealkylation sites (N-methyl/N-ethyl adjacent to an activating group) is 1. The first kappa shape index (κ1) is 18.4. The average Bonchev–Trinajstić information content (AvgIpc) is 2.43. The van der Waals surface area contributed by atoms with Crippen molar-refractivity contribution in [3.63, 3.8) is 0 Å². The normalized spacial score (nSPS) is 11.8. The van der Waals surface area contributed by atoms with E-state index in [2.05, 4.69) is 4.98 Å². The fraction of sp³-hybridized carbons (Fsp3) is 0.571. The summed E-state index contributed by atoms with van der Waals surface area (Å²) in [5.41, 5.74) is 0.632. The number of rotatable bonds is 7. The number of ether oxygens (including phenoxy) is 1. The second kappa shape index (κ2) is 7.55. The Morgan fingerprint density at radius 2 is 2.05 bits per heavy atom. The number of anilines is 1. The molecule has 7 nitrogen and oxygen atoms in total. The first-order chi connectivity index (χ1) is 10.1. The van der Waals surface area contributed by atoms with Crippen LogP contribution in [0.2, 0.25) is 0 Å². The van der Waals surface area contributed by atoms with Crippen LogP contribution in [0.15, 0.2) is 18.3 Å². The Balaban J connectivity index is 3.04. The topological polar surface area (TPSA) is 79.8 Å². The summed E-state index contributed by atoms with van der Waals surface area (Å²) in [6.45, 7) is 4.23. The van der Waals surface area contributed by atoms with Gasteiger partial charge in [-0.15, -0.1) is 0 Å². The molecule has 0 aliphatic carbocycles. The lowest BCUT2D eigenvalue weighted by molar-refractivity contribution is -0.118. The molecule has 1 heterocycles. The standard InChI is InChI=1S/C14H23N3O4S/c1-11(2)9-17(12-6-7-15-13(8-12)21-4)14(18)10-16(3)22(5,19)20/h6-8,11H,9-10H2,1-5H3. The molecule has 0 saturated heterocycles. The summed E-state index contributed by atoms with van der Waals surface area (Å²) in [5, 5.41) is 0. The van der Waals surface area contributed by atoms with E-state index < -0.39 is 10.0 Å². The Labute approximate surface area is 131 Å². The van der Waals surface area contributed by atoms with E-state index in [1.54, 1.807) is 23.2 Å². The molecule has 1 aromatic heterocycles. The second-order valence-electron chi connectivity index (χ2n) is 5.47. The molecule has 0 aromatic carbocycles. The molecule has 8 heteroatoms. The first-order valence-electron chi connectivity index (χ1n) is 6.87. The van der Waals surface area contributed by atoms with Gasteiger partial charge in [-0.05, 0) is 12.0 Å². The van der Waals surface area contributed by atoms with Crippen LogP contribution in [0, 0.1) is 5.92 Å². The molecule has 0 spiro atoms. The minimum Gasteiger partial charge on any atom is -0.481 e. The largest absolute Gasteiger partial charge is 0.481 e. The van der Waals surface area contributed by atoms with Crippen molar-refractivity contribution >= 4 is 21.6 Å². The maximum absolute atomic E-state index is 12.5. The minimum atomic E-state index is -3.41. The molecule has 1 amide bonds. The van der Waals surface area contributed by atoms with Crippen molar-refractivity contribution in [3.05, 3.63) is 18.3 Å². The van der Waals surface area contributed by atoms with Crippen LogP contribution in [0.5, 0.6) is 5.88 Å². The molecule has 1 aromatic rings. The second-order valence-corrected chi connectivity index (χ2v) is 7.56. The summed E-state index contributed by atoms with van der Waals surface area (Å²) >= 11 is 0. The molecule has 124 valence electrons. The van der Waals surface area contributed by atoms with Gasteiger partial charge >= 0.3 is 0 Å². The van der Waals surface area contributed by atoms with Crippen LogP contribution in [0.3, 0.4) is 0 Å². The van der Waals surface area contributed by atoms with Gasteiger partial charge in [-0.25, -0.2) is 13.4 Å². The number of sulfonamides is 1. The number of amides is 1. The number of pyridine rings is 1. The number of carbonyl (C=O) groups is 1. The minimum absolute atomic E-state index is 0.212. The summed E-state index contributed by atoms with van der Waals surface area (Å²) in [5.74, 6) is 0.331. The summed E-state index contributed by atoms with van der Waals surface area (Å²) in [7, 11) is -0.525. The van der Waals surface area contributed by atoms with Crippen LogP contribution >= 0.6 is 0 Å². The monoisotopic (exact) mass is 329 g/mol. The molecule has 0 fully saturated rings. The van der Waals surface area contributed by atoms with Crippen LogP contribution in [0.4, 0.5) is 5.69 Å². The summed E-state index contributed by atoms with van der Waals surface area (Å²) in [4.78, 5) is 18.1. The van der Waals surface area contributed by atoms with Gasteiger partial charge in [0, 0.05) is 25.9 Å². The number of hydrogen-bond acceptors (Lipinski definition) is 5. The molecular formula is C14H23N3O4S. The Kier molecular flexibility index (Phi) is 6.31. The zero-order valence-electron chi connectivity index (χ0n) is 13.6. The lowest BCUT2D eigenvalue weighted by Gasteiger charge is -2.26. The van der Waals surface area contributed by atoms with E-state index in [1.807, 2.05) is 13.8 Å². The van der Waals surface area contributed by atoms with Gasteiger partial charge in [-0.3, -0.25) is 4.79 Å². The molecule has 0 unspecified atom stereocenters. The van der Waals surface area contributed by atoms with E-state index in [4.69, 9.17) is 4.74 Å². The van der Waals surface area contributed by atoms with Crippen molar-refractivity contribution < 1.29 is 17.9 Å². The number of hydrogen-bond donors (Lipinski definition) is 0. The van der Waals surface area contributed by atoms with Gasteiger partial charge in [0.25, 0.3) is 0 Å². The van der Waals surface area contributed by atoms with Gasteiger partial charge in [-0.2, -0.15) is 4.31 Å². The fourth-order valence-electron chi connectivity index (χ4n) is 1.79. The first-order valence-corrected chi connectivity index (χ1v) is 8.71. The van der Waals surface area contributed by atoms with E-state index >= 15 is 0 Å². The number of carbonyl (C=O) groups excluding carboxylic acids is 1. The molecule has 0 aliphatic rings. The fourth-order valence-corrected chi connectivity index (χ4v) is 2.13. The van der Waals surface area contributed by atoms with Crippen molar-refractivity contribution in [3.8, 4) is 5.88 Å². The highest BCUT2D eigenvalue weighted by Gasteiger charge is 2.22. The SMILES string of the molecule is COc1cc(N(CC(C)C)C(=O)CN(C)S(C)(=O)=O)ccn1. The highest BCUT2D eigenvalue weighted by atomic mass is 32.2. The number of methoxy groups -OCH3 is 1. The van der Waals surface area contributed by atoms with Gasteiger partial charge in [0.15, 0.2) is 0 Å². The molecule has 1 rings (SSSR count). The molecular weight excluding hydrogens is 306 g/mol. The third kappa shape index (κ3) is 5.27. The molecule has 22 heavy (non-hydrogen) atoms. The van der Waals surface area contributed by atoms with E-state index in [-0.39, 0.29) is 18.4 Å². The van der Waals surface area contributed by atoms with Crippen molar-refractivity contribution in [2.24, 2.45) is 5.92 Å². The quantitative estimate of drug-likeness (QED) is 0.745. The van der Waals surface area contributed by atoms with E-state index in [9.17, 15) is 13.2 Å². The third-order valence-corrected chi connectivity index (χ3v) is 4.27. The maximum Gasteiger partial charge on any atom is 0.242 e. The van der Waals surface area contributed by atoms with Gasteiger partial charge in [-0.1, -0.05) is 13.8 Å². The van der Waals surface area contributed by atoms with Crippen LogP contribution < -0.4 is 9.64 Å².